The average molecular weight is 261 g/mol. The van der Waals surface area contributed by atoms with Crippen molar-refractivity contribution < 1.29 is 4.79 Å². The second-order valence-electron chi connectivity index (χ2n) is 4.04. The molecule has 0 unspecified atom stereocenters. The second kappa shape index (κ2) is 5.66. The molecule has 5 heteroatoms. The van der Waals surface area contributed by atoms with Gasteiger partial charge in [0.15, 0.2) is 0 Å². The number of hydrogen-bond acceptors (Lipinski definition) is 3. The molecule has 1 aromatic heterocycles. The van der Waals surface area contributed by atoms with Crippen molar-refractivity contribution in [3.05, 3.63) is 21.9 Å². The fourth-order valence-electron chi connectivity index (χ4n) is 1.85. The summed E-state index contributed by atoms with van der Waals surface area (Å²) in [6, 6.07) is 2.41. The van der Waals surface area contributed by atoms with E-state index in [2.05, 4.69) is 12.2 Å². The van der Waals surface area contributed by atoms with E-state index in [4.69, 9.17) is 0 Å². The minimum Gasteiger partial charge on any atom is -0.335 e. The van der Waals surface area contributed by atoms with Crippen molar-refractivity contribution in [1.82, 2.24) is 10.2 Å². The second-order valence-corrected chi connectivity index (χ2v) is 4.96. The first kappa shape index (κ1) is 13.5. The molecule has 16 heavy (non-hydrogen) atoms. The fourth-order valence-corrected chi connectivity index (χ4v) is 2.74. The Morgan fingerprint density at radius 2 is 2.38 bits per heavy atom. The van der Waals surface area contributed by atoms with Crippen molar-refractivity contribution in [3.63, 3.8) is 0 Å². The van der Waals surface area contributed by atoms with Crippen LogP contribution < -0.4 is 5.32 Å². The molecule has 90 valence electrons. The monoisotopic (exact) mass is 260 g/mol. The van der Waals surface area contributed by atoms with E-state index in [9.17, 15) is 4.79 Å². The number of piperazine rings is 1. The maximum absolute atomic E-state index is 12.1. The molecule has 1 fully saturated rings. The maximum Gasteiger partial charge on any atom is 0.264 e. The third-order valence-corrected chi connectivity index (χ3v) is 3.72. The van der Waals surface area contributed by atoms with Crippen molar-refractivity contribution in [1.29, 1.82) is 0 Å². The first-order chi connectivity index (χ1) is 7.18. The van der Waals surface area contributed by atoms with Gasteiger partial charge < -0.3 is 10.2 Å². The highest BCUT2D eigenvalue weighted by molar-refractivity contribution is 7.12. The molecule has 0 bridgehead atoms. The fraction of sp³-hybridized carbons (Fsp3) is 0.545. The summed E-state index contributed by atoms with van der Waals surface area (Å²) >= 11 is 1.54. The third kappa shape index (κ3) is 2.75. The van der Waals surface area contributed by atoms with Gasteiger partial charge in [-0.05, 0) is 30.9 Å². The number of halogens is 1. The molecule has 1 amide bonds. The lowest BCUT2D eigenvalue weighted by Crippen LogP contribution is -2.51. The van der Waals surface area contributed by atoms with E-state index in [1.54, 1.807) is 11.3 Å². The van der Waals surface area contributed by atoms with Gasteiger partial charge in [0.2, 0.25) is 0 Å². The van der Waals surface area contributed by atoms with Crippen molar-refractivity contribution in [2.45, 2.75) is 19.9 Å². The van der Waals surface area contributed by atoms with Crippen LogP contribution >= 0.6 is 23.7 Å². The summed E-state index contributed by atoms with van der Waals surface area (Å²) in [6.07, 6.45) is 0. The summed E-state index contributed by atoms with van der Waals surface area (Å²) in [6.45, 7) is 6.64. The number of thiophene rings is 1. The van der Waals surface area contributed by atoms with Crippen LogP contribution in [0.25, 0.3) is 0 Å². The van der Waals surface area contributed by atoms with Crippen molar-refractivity contribution >= 4 is 29.7 Å². The molecule has 0 spiro atoms. The van der Waals surface area contributed by atoms with E-state index in [1.807, 2.05) is 23.3 Å². The van der Waals surface area contributed by atoms with Gasteiger partial charge in [-0.1, -0.05) is 0 Å². The number of amides is 1. The summed E-state index contributed by atoms with van der Waals surface area (Å²) in [7, 11) is 0. The first-order valence-corrected chi connectivity index (χ1v) is 6.13. The summed E-state index contributed by atoms with van der Waals surface area (Å²) < 4.78 is 0. The number of hydrogen-bond donors (Lipinski definition) is 1. The van der Waals surface area contributed by atoms with Crippen LogP contribution in [0, 0.1) is 6.92 Å². The Labute approximate surface area is 106 Å². The molecule has 0 saturated carbocycles. The number of carbonyl (C=O) groups excluding carboxylic acids is 1. The molecular weight excluding hydrogens is 244 g/mol. The molecule has 1 aromatic rings. The summed E-state index contributed by atoms with van der Waals surface area (Å²) in [5.74, 6) is 0.191. The molecule has 1 atom stereocenters. The molecule has 0 aliphatic carbocycles. The first-order valence-electron chi connectivity index (χ1n) is 5.25. The lowest BCUT2D eigenvalue weighted by Gasteiger charge is -2.31. The van der Waals surface area contributed by atoms with Crippen molar-refractivity contribution in [2.24, 2.45) is 0 Å². The number of rotatable bonds is 1. The third-order valence-electron chi connectivity index (χ3n) is 2.71. The van der Waals surface area contributed by atoms with Gasteiger partial charge in [-0.25, -0.2) is 0 Å². The van der Waals surface area contributed by atoms with Gasteiger partial charge >= 0.3 is 0 Å². The Balaban J connectivity index is 0.00000128. The largest absolute Gasteiger partial charge is 0.335 e. The zero-order valence-electron chi connectivity index (χ0n) is 9.53. The van der Waals surface area contributed by atoms with Crippen LogP contribution in [0.1, 0.15) is 22.2 Å². The maximum atomic E-state index is 12.1. The van der Waals surface area contributed by atoms with Gasteiger partial charge in [-0.2, -0.15) is 0 Å². The van der Waals surface area contributed by atoms with Gasteiger partial charge in [0, 0.05) is 25.7 Å². The number of nitrogens with zero attached hydrogens (tertiary/aromatic N) is 1. The van der Waals surface area contributed by atoms with Gasteiger partial charge in [-0.15, -0.1) is 23.7 Å². The molecule has 0 aromatic carbocycles. The van der Waals surface area contributed by atoms with E-state index in [0.29, 0.717) is 6.04 Å². The Kier molecular flexibility index (Phi) is 4.77. The van der Waals surface area contributed by atoms with Crippen molar-refractivity contribution in [3.8, 4) is 0 Å². The van der Waals surface area contributed by atoms with E-state index in [1.165, 1.54) is 0 Å². The van der Waals surface area contributed by atoms with Crippen LogP contribution in [0.15, 0.2) is 11.4 Å². The lowest BCUT2D eigenvalue weighted by molar-refractivity contribution is 0.0713. The summed E-state index contributed by atoms with van der Waals surface area (Å²) in [4.78, 5) is 15.0. The number of aryl methyl sites for hydroxylation is 1. The van der Waals surface area contributed by atoms with Crippen LogP contribution in [-0.2, 0) is 0 Å². The van der Waals surface area contributed by atoms with Crippen LogP contribution in [0.4, 0.5) is 0 Å². The van der Waals surface area contributed by atoms with E-state index >= 15 is 0 Å². The minimum absolute atomic E-state index is 0. The zero-order valence-corrected chi connectivity index (χ0v) is 11.2. The predicted molar refractivity (Wildman–Crippen MR) is 69.7 cm³/mol. The van der Waals surface area contributed by atoms with Gasteiger partial charge in [0.1, 0.15) is 0 Å². The van der Waals surface area contributed by atoms with Crippen LogP contribution in [0.3, 0.4) is 0 Å². The van der Waals surface area contributed by atoms with Crippen molar-refractivity contribution in [2.75, 3.05) is 19.6 Å². The van der Waals surface area contributed by atoms with E-state index in [0.717, 1.165) is 30.1 Å². The van der Waals surface area contributed by atoms with E-state index in [-0.39, 0.29) is 18.3 Å². The predicted octanol–water partition coefficient (Wildman–Crippen LogP) is 1.91. The zero-order chi connectivity index (χ0) is 10.8. The molecular formula is C11H17ClN2OS. The lowest BCUT2D eigenvalue weighted by atomic mass is 10.2. The highest BCUT2D eigenvalue weighted by atomic mass is 35.5. The quantitative estimate of drug-likeness (QED) is 0.837. The van der Waals surface area contributed by atoms with E-state index < -0.39 is 0 Å². The molecule has 0 radical (unpaired) electrons. The highest BCUT2D eigenvalue weighted by Crippen LogP contribution is 2.18. The van der Waals surface area contributed by atoms with Crippen LogP contribution in [0.5, 0.6) is 0 Å². The smallest absolute Gasteiger partial charge is 0.264 e. The number of nitrogens with one attached hydrogen (secondary N) is 1. The Morgan fingerprint density at radius 3 is 2.94 bits per heavy atom. The molecule has 1 saturated heterocycles. The Morgan fingerprint density at radius 1 is 1.62 bits per heavy atom. The normalized spacial score (nSPS) is 20.4. The highest BCUT2D eigenvalue weighted by Gasteiger charge is 2.23. The minimum atomic E-state index is 0. The molecule has 1 N–H and O–H groups in total. The Bertz CT molecular complexity index is 367. The molecule has 1 aliphatic rings. The molecule has 2 rings (SSSR count). The number of carbonyl (C=O) groups is 1. The summed E-state index contributed by atoms with van der Waals surface area (Å²) in [5.41, 5.74) is 1.09. The standard InChI is InChI=1S/C11H16N2OS.ClH/c1-8-3-6-15-10(8)11(14)13-5-4-12-9(2)7-13;/h3,6,9,12H,4-5,7H2,1-2H3;1H/t9-;/m1./s1. The van der Waals surface area contributed by atoms with Gasteiger partial charge in [0.25, 0.3) is 5.91 Å². The summed E-state index contributed by atoms with van der Waals surface area (Å²) in [5, 5.41) is 5.32. The SMILES string of the molecule is Cc1ccsc1C(=O)N1CCN[C@H](C)C1.Cl. The van der Waals surface area contributed by atoms with Gasteiger partial charge in [0.05, 0.1) is 4.88 Å². The topological polar surface area (TPSA) is 32.3 Å². The van der Waals surface area contributed by atoms with Crippen LogP contribution in [-0.4, -0.2) is 36.5 Å². The van der Waals surface area contributed by atoms with Gasteiger partial charge in [-0.3, -0.25) is 4.79 Å². The van der Waals surface area contributed by atoms with Crippen LogP contribution in [0.2, 0.25) is 0 Å². The molecule has 3 nitrogen and oxygen atoms in total. The average Bonchev–Trinajstić information content (AvgIpc) is 2.63. The Hall–Kier alpha value is -0.580. The molecule has 2 heterocycles. The molecule has 1 aliphatic heterocycles.